The Morgan fingerprint density at radius 3 is 2.32 bits per heavy atom. The molecule has 176 valence electrons. The summed E-state index contributed by atoms with van der Waals surface area (Å²) < 4.78 is 5.15. The molecule has 4 aliphatic rings. The van der Waals surface area contributed by atoms with E-state index < -0.39 is 0 Å². The van der Waals surface area contributed by atoms with E-state index in [-0.39, 0.29) is 11.4 Å². The standard InChI is InChI=1S/C30H31ClO3/c1-3-34-29(33)22-5-6-23-21(12-22)4-7-24(28(23)31)25-13-26(27(32)8-17(25)2)30-14-18-9-19(15-30)11-20(10-18)16-30/h4-8,12-13,18-20,32H,3,9-11,14-16H2,1-2H3. The van der Waals surface area contributed by atoms with E-state index in [1.54, 1.807) is 13.0 Å². The first-order valence-electron chi connectivity index (χ1n) is 12.6. The van der Waals surface area contributed by atoms with Crippen LogP contribution in [-0.4, -0.2) is 17.7 Å². The zero-order valence-corrected chi connectivity index (χ0v) is 20.6. The van der Waals surface area contributed by atoms with Gasteiger partial charge in [-0.1, -0.05) is 29.8 Å². The lowest BCUT2D eigenvalue weighted by Gasteiger charge is -2.57. The number of phenolic OH excluding ortho intramolecular Hbond substituents is 1. The molecule has 0 spiro atoms. The Labute approximate surface area is 206 Å². The second-order valence-corrected chi connectivity index (χ2v) is 11.3. The van der Waals surface area contributed by atoms with Gasteiger partial charge in [0.2, 0.25) is 0 Å². The van der Waals surface area contributed by atoms with Crippen molar-refractivity contribution in [2.45, 2.75) is 57.8 Å². The first kappa shape index (κ1) is 22.0. The fraction of sp³-hybridized carbons (Fsp3) is 0.433. The Hall–Kier alpha value is -2.52. The van der Waals surface area contributed by atoms with E-state index in [2.05, 4.69) is 6.07 Å². The summed E-state index contributed by atoms with van der Waals surface area (Å²) in [5, 5.41) is 13.6. The number of esters is 1. The van der Waals surface area contributed by atoms with Gasteiger partial charge in [-0.15, -0.1) is 0 Å². The van der Waals surface area contributed by atoms with Gasteiger partial charge < -0.3 is 9.84 Å². The maximum Gasteiger partial charge on any atom is 0.338 e. The number of carbonyl (C=O) groups is 1. The molecule has 0 saturated heterocycles. The lowest BCUT2D eigenvalue weighted by Crippen LogP contribution is -2.48. The average molecular weight is 475 g/mol. The van der Waals surface area contributed by atoms with Crippen LogP contribution in [0.15, 0.2) is 42.5 Å². The van der Waals surface area contributed by atoms with E-state index in [1.807, 2.05) is 37.3 Å². The van der Waals surface area contributed by atoms with Crippen molar-refractivity contribution in [2.75, 3.05) is 6.61 Å². The molecule has 0 heterocycles. The number of rotatable bonds is 4. The molecule has 4 heteroatoms. The molecular weight excluding hydrogens is 444 g/mol. The van der Waals surface area contributed by atoms with Crippen molar-refractivity contribution in [3.63, 3.8) is 0 Å². The molecule has 3 nitrogen and oxygen atoms in total. The molecule has 0 radical (unpaired) electrons. The predicted molar refractivity (Wildman–Crippen MR) is 137 cm³/mol. The first-order chi connectivity index (χ1) is 16.4. The zero-order chi connectivity index (χ0) is 23.6. The van der Waals surface area contributed by atoms with Crippen molar-refractivity contribution in [1.82, 2.24) is 0 Å². The lowest BCUT2D eigenvalue weighted by molar-refractivity contribution is -0.00611. The summed E-state index contributed by atoms with van der Waals surface area (Å²) in [6.45, 7) is 4.20. The van der Waals surface area contributed by atoms with Gasteiger partial charge in [0.1, 0.15) is 5.75 Å². The van der Waals surface area contributed by atoms with Gasteiger partial charge in [0.15, 0.2) is 0 Å². The topological polar surface area (TPSA) is 46.5 Å². The van der Waals surface area contributed by atoms with Crippen LogP contribution in [0.1, 0.15) is 66.9 Å². The second-order valence-electron chi connectivity index (χ2n) is 11.0. The number of fused-ring (bicyclic) bond motifs is 1. The van der Waals surface area contributed by atoms with Crippen LogP contribution in [0.5, 0.6) is 5.75 Å². The van der Waals surface area contributed by atoms with Gasteiger partial charge in [-0.25, -0.2) is 4.79 Å². The fourth-order valence-corrected chi connectivity index (χ4v) is 8.03. The molecule has 4 bridgehead atoms. The van der Waals surface area contributed by atoms with Gasteiger partial charge >= 0.3 is 5.97 Å². The largest absolute Gasteiger partial charge is 0.508 e. The minimum atomic E-state index is -0.320. The van der Waals surface area contributed by atoms with E-state index in [4.69, 9.17) is 16.3 Å². The molecular formula is C30H31ClO3. The number of carbonyl (C=O) groups excluding carboxylic acids is 1. The summed E-state index contributed by atoms with van der Waals surface area (Å²) >= 11 is 6.97. The number of ether oxygens (including phenoxy) is 1. The number of hydrogen-bond acceptors (Lipinski definition) is 3. The summed E-state index contributed by atoms with van der Waals surface area (Å²) in [5.74, 6) is 2.56. The zero-order valence-electron chi connectivity index (χ0n) is 19.9. The molecule has 4 aliphatic carbocycles. The number of aryl methyl sites for hydroxylation is 1. The van der Waals surface area contributed by atoms with Gasteiger partial charge in [-0.2, -0.15) is 0 Å². The maximum atomic E-state index is 12.2. The molecule has 0 aromatic heterocycles. The summed E-state index contributed by atoms with van der Waals surface area (Å²) in [6.07, 6.45) is 7.75. The Bertz CT molecular complexity index is 1270. The molecule has 4 saturated carbocycles. The molecule has 4 fully saturated rings. The van der Waals surface area contributed by atoms with Crippen LogP contribution < -0.4 is 0 Å². The van der Waals surface area contributed by atoms with Crippen LogP contribution in [-0.2, 0) is 10.2 Å². The molecule has 0 unspecified atom stereocenters. The van der Waals surface area contributed by atoms with E-state index in [0.717, 1.165) is 50.8 Å². The van der Waals surface area contributed by atoms with E-state index in [0.29, 0.717) is 22.9 Å². The molecule has 34 heavy (non-hydrogen) atoms. The summed E-state index contributed by atoms with van der Waals surface area (Å²) in [7, 11) is 0. The van der Waals surface area contributed by atoms with Gasteiger partial charge in [0.05, 0.1) is 17.2 Å². The molecule has 7 rings (SSSR count). The molecule has 1 N–H and O–H groups in total. The van der Waals surface area contributed by atoms with Crippen LogP contribution in [0.25, 0.3) is 21.9 Å². The van der Waals surface area contributed by atoms with Gasteiger partial charge in [-0.3, -0.25) is 0 Å². The third kappa shape index (κ3) is 3.43. The number of hydrogen-bond donors (Lipinski definition) is 1. The second kappa shape index (κ2) is 8.02. The smallest absolute Gasteiger partial charge is 0.338 e. The Morgan fingerprint density at radius 1 is 1.00 bits per heavy atom. The predicted octanol–water partition coefficient (Wildman–Crippen LogP) is 7.82. The van der Waals surface area contributed by atoms with E-state index in [1.165, 1.54) is 38.5 Å². The van der Waals surface area contributed by atoms with Crippen LogP contribution in [0.3, 0.4) is 0 Å². The van der Waals surface area contributed by atoms with Gasteiger partial charge in [0, 0.05) is 16.5 Å². The molecule has 3 aromatic carbocycles. The van der Waals surface area contributed by atoms with Crippen LogP contribution in [0, 0.1) is 24.7 Å². The third-order valence-corrected chi connectivity index (χ3v) is 9.11. The van der Waals surface area contributed by atoms with Crippen molar-refractivity contribution in [3.8, 4) is 16.9 Å². The summed E-state index contributed by atoms with van der Waals surface area (Å²) in [4.78, 5) is 12.2. The maximum absolute atomic E-state index is 12.2. The van der Waals surface area contributed by atoms with Crippen molar-refractivity contribution in [1.29, 1.82) is 0 Å². The lowest BCUT2D eigenvalue weighted by atomic mass is 9.48. The SMILES string of the molecule is CCOC(=O)c1ccc2c(Cl)c(-c3cc(C45CC6CC(CC(C6)C4)C5)c(O)cc3C)ccc2c1. The summed E-state index contributed by atoms with van der Waals surface area (Å²) in [5.41, 5.74) is 4.85. The van der Waals surface area contributed by atoms with Gasteiger partial charge in [0.25, 0.3) is 0 Å². The molecule has 0 amide bonds. The van der Waals surface area contributed by atoms with E-state index >= 15 is 0 Å². The highest BCUT2D eigenvalue weighted by molar-refractivity contribution is 6.38. The van der Waals surface area contributed by atoms with Crippen molar-refractivity contribution < 1.29 is 14.6 Å². The molecule has 3 aromatic rings. The van der Waals surface area contributed by atoms with Gasteiger partial charge in [-0.05, 0) is 116 Å². The number of aromatic hydroxyl groups is 1. The highest BCUT2D eigenvalue weighted by Crippen LogP contribution is 2.62. The fourth-order valence-electron chi connectivity index (χ4n) is 7.69. The number of benzene rings is 3. The number of halogens is 1. The monoisotopic (exact) mass is 474 g/mol. The van der Waals surface area contributed by atoms with Crippen molar-refractivity contribution in [2.24, 2.45) is 17.8 Å². The van der Waals surface area contributed by atoms with Crippen molar-refractivity contribution in [3.05, 3.63) is 64.2 Å². The number of phenols is 1. The van der Waals surface area contributed by atoms with Crippen LogP contribution in [0.4, 0.5) is 0 Å². The van der Waals surface area contributed by atoms with Crippen LogP contribution in [0.2, 0.25) is 5.02 Å². The Morgan fingerprint density at radius 2 is 1.68 bits per heavy atom. The summed E-state index contributed by atoms with van der Waals surface area (Å²) in [6, 6.07) is 13.8. The Balaban J connectivity index is 1.44. The van der Waals surface area contributed by atoms with E-state index in [9.17, 15) is 9.90 Å². The Kier molecular flexibility index (Phi) is 5.18. The molecule has 0 aliphatic heterocycles. The third-order valence-electron chi connectivity index (χ3n) is 8.71. The minimum absolute atomic E-state index is 0.110. The minimum Gasteiger partial charge on any atom is -0.508 e. The highest BCUT2D eigenvalue weighted by Gasteiger charge is 2.52. The molecule has 0 atom stereocenters. The quantitative estimate of drug-likeness (QED) is 0.392. The van der Waals surface area contributed by atoms with Crippen molar-refractivity contribution >= 4 is 28.3 Å². The first-order valence-corrected chi connectivity index (χ1v) is 13.0. The van der Waals surface area contributed by atoms with Crippen LogP contribution >= 0.6 is 11.6 Å². The normalized spacial score (nSPS) is 27.3. The average Bonchev–Trinajstić information content (AvgIpc) is 2.79. The highest BCUT2D eigenvalue weighted by atomic mass is 35.5.